The lowest BCUT2D eigenvalue weighted by atomic mass is 9.88. The molecule has 3 nitrogen and oxygen atoms in total. The molecule has 6 rings (SSSR count). The molecule has 2 aliphatic rings. The summed E-state index contributed by atoms with van der Waals surface area (Å²) < 4.78 is 3.69. The molecule has 40 heavy (non-hydrogen) atoms. The van der Waals surface area contributed by atoms with Crippen LogP contribution in [0.2, 0.25) is 0 Å². The van der Waals surface area contributed by atoms with E-state index in [4.69, 9.17) is 0 Å². The van der Waals surface area contributed by atoms with E-state index in [2.05, 4.69) is 115 Å². The molecule has 1 aliphatic heterocycles. The summed E-state index contributed by atoms with van der Waals surface area (Å²) in [7, 11) is 0. The van der Waals surface area contributed by atoms with E-state index in [-0.39, 0.29) is 0 Å². The molecular formula is C34H35N2OS3+. The lowest BCUT2D eigenvalue weighted by Crippen LogP contribution is -2.35. The monoisotopic (exact) mass is 583 g/mol. The molecule has 1 unspecified atom stereocenters. The first-order valence-electron chi connectivity index (χ1n) is 14.1. The highest BCUT2D eigenvalue weighted by Gasteiger charge is 2.36. The maximum atomic E-state index is 11.6. The van der Waals surface area contributed by atoms with Crippen LogP contribution in [-0.4, -0.2) is 17.8 Å². The zero-order chi connectivity index (χ0) is 27.6. The van der Waals surface area contributed by atoms with Gasteiger partial charge in [-0.15, -0.1) is 11.8 Å². The third-order valence-electron chi connectivity index (χ3n) is 7.34. The topological polar surface area (TPSA) is 27.4 Å². The van der Waals surface area contributed by atoms with Crippen LogP contribution in [0.1, 0.15) is 42.8 Å². The highest BCUT2D eigenvalue weighted by Crippen LogP contribution is 2.50. The summed E-state index contributed by atoms with van der Waals surface area (Å²) in [6.07, 6.45) is 6.02. The Kier molecular flexibility index (Phi) is 8.22. The van der Waals surface area contributed by atoms with Crippen molar-refractivity contribution in [3.8, 4) is 0 Å². The van der Waals surface area contributed by atoms with Gasteiger partial charge in [-0.05, 0) is 43.2 Å². The summed E-state index contributed by atoms with van der Waals surface area (Å²) >= 11 is 5.46. The van der Waals surface area contributed by atoms with Gasteiger partial charge in [-0.3, -0.25) is 0 Å². The first-order chi connectivity index (χ1) is 19.6. The molecule has 0 saturated heterocycles. The van der Waals surface area contributed by atoms with E-state index in [1.54, 1.807) is 0 Å². The van der Waals surface area contributed by atoms with E-state index in [1.807, 2.05) is 34.9 Å². The van der Waals surface area contributed by atoms with Crippen LogP contribution in [0.15, 0.2) is 105 Å². The molecule has 0 bridgehead atoms. The van der Waals surface area contributed by atoms with Crippen LogP contribution in [0.4, 0.5) is 5.69 Å². The van der Waals surface area contributed by atoms with Crippen molar-refractivity contribution in [2.45, 2.75) is 56.9 Å². The summed E-state index contributed by atoms with van der Waals surface area (Å²) in [6.45, 7) is 8.50. The van der Waals surface area contributed by atoms with E-state index in [0.717, 1.165) is 42.8 Å². The molecular weight excluding hydrogens is 549 g/mol. The van der Waals surface area contributed by atoms with Crippen LogP contribution in [0, 0.1) is 6.92 Å². The third-order valence-corrected chi connectivity index (χ3v) is 10.8. The Hall–Kier alpha value is -2.77. The molecule has 0 radical (unpaired) electrons. The van der Waals surface area contributed by atoms with Gasteiger partial charge in [0.25, 0.3) is 5.01 Å². The molecule has 1 aliphatic carbocycles. The van der Waals surface area contributed by atoms with Crippen LogP contribution in [-0.2, 0) is 12.3 Å². The van der Waals surface area contributed by atoms with E-state index in [9.17, 15) is 5.11 Å². The van der Waals surface area contributed by atoms with Crippen molar-refractivity contribution >= 4 is 56.8 Å². The molecule has 0 amide bonds. The number of anilines is 1. The smallest absolute Gasteiger partial charge is 0.263 e. The Morgan fingerprint density at radius 3 is 2.52 bits per heavy atom. The molecule has 0 spiro atoms. The molecule has 1 atom stereocenters. The summed E-state index contributed by atoms with van der Waals surface area (Å²) in [4.78, 5) is 4.89. The molecule has 1 aromatic heterocycles. The van der Waals surface area contributed by atoms with Gasteiger partial charge in [0.2, 0.25) is 5.52 Å². The molecule has 4 aromatic rings. The van der Waals surface area contributed by atoms with E-state index in [1.165, 1.54) is 46.9 Å². The van der Waals surface area contributed by atoms with Crippen LogP contribution >= 0.6 is 34.9 Å². The van der Waals surface area contributed by atoms with Gasteiger partial charge in [-0.25, -0.2) is 0 Å². The van der Waals surface area contributed by atoms with Gasteiger partial charge >= 0.3 is 0 Å². The molecule has 0 fully saturated rings. The number of aromatic nitrogens is 1. The molecule has 2 heterocycles. The average molecular weight is 584 g/mol. The number of thiazole rings is 1. The maximum Gasteiger partial charge on any atom is 0.263 e. The molecule has 1 N–H and O–H groups in total. The molecule has 6 heteroatoms. The highest BCUT2D eigenvalue weighted by atomic mass is 32.2. The summed E-state index contributed by atoms with van der Waals surface area (Å²) in [5, 5.41) is 14.0. The van der Waals surface area contributed by atoms with E-state index in [0.29, 0.717) is 0 Å². The van der Waals surface area contributed by atoms with Gasteiger partial charge in [0.05, 0.1) is 10.7 Å². The minimum atomic E-state index is -0.596. The van der Waals surface area contributed by atoms with Crippen molar-refractivity contribution in [3.05, 3.63) is 116 Å². The highest BCUT2D eigenvalue weighted by molar-refractivity contribution is 8.03. The van der Waals surface area contributed by atoms with Gasteiger partial charge in [0, 0.05) is 51.8 Å². The second-order valence-electron chi connectivity index (χ2n) is 10.3. The average Bonchev–Trinajstić information content (AvgIpc) is 3.50. The second kappa shape index (κ2) is 12.0. The Morgan fingerprint density at radius 2 is 1.73 bits per heavy atom. The fraction of sp³-hybridized carbons (Fsp3) is 0.265. The van der Waals surface area contributed by atoms with Gasteiger partial charge in [0.15, 0.2) is 0 Å². The predicted octanol–water partition coefficient (Wildman–Crippen LogP) is 8.72. The van der Waals surface area contributed by atoms with E-state index >= 15 is 0 Å². The Bertz CT molecular complexity index is 1630. The predicted molar refractivity (Wildman–Crippen MR) is 174 cm³/mol. The van der Waals surface area contributed by atoms with Crippen LogP contribution in [0.25, 0.3) is 16.3 Å². The largest absolute Gasteiger partial charge is 0.384 e. The van der Waals surface area contributed by atoms with Gasteiger partial charge < -0.3 is 10.0 Å². The number of fused-ring (bicyclic) bond motifs is 2. The number of hydrogen-bond donors (Lipinski definition) is 1. The van der Waals surface area contributed by atoms with Crippen LogP contribution < -0.4 is 9.47 Å². The van der Waals surface area contributed by atoms with Crippen molar-refractivity contribution in [2.75, 3.05) is 11.4 Å². The van der Waals surface area contributed by atoms with Crippen molar-refractivity contribution in [3.63, 3.8) is 0 Å². The Labute approximate surface area is 249 Å². The lowest BCUT2D eigenvalue weighted by molar-refractivity contribution is -0.668. The van der Waals surface area contributed by atoms with Gasteiger partial charge in [-0.2, -0.15) is 4.57 Å². The number of thioether (sulfide) groups is 2. The first kappa shape index (κ1) is 27.4. The maximum absolute atomic E-state index is 11.6. The van der Waals surface area contributed by atoms with Crippen LogP contribution in [0.3, 0.4) is 0 Å². The zero-order valence-electron chi connectivity index (χ0n) is 23.3. The zero-order valence-corrected chi connectivity index (χ0v) is 25.7. The van der Waals surface area contributed by atoms with Gasteiger partial charge in [-0.1, -0.05) is 91.0 Å². The lowest BCUT2D eigenvalue weighted by Gasteiger charge is -2.32. The normalized spacial score (nSPS) is 18.7. The van der Waals surface area contributed by atoms with Crippen LogP contribution in [0.5, 0.6) is 0 Å². The summed E-state index contributed by atoms with van der Waals surface area (Å²) in [5.41, 5.74) is 7.17. The fourth-order valence-corrected chi connectivity index (χ4v) is 8.75. The number of nitrogens with zero attached hydrogens (tertiary/aromatic N) is 2. The quantitative estimate of drug-likeness (QED) is 0.199. The minimum Gasteiger partial charge on any atom is -0.384 e. The number of para-hydroxylation sites is 2. The van der Waals surface area contributed by atoms with Crippen molar-refractivity contribution < 1.29 is 9.67 Å². The SMILES string of the molecule is CCCN1C(=CC2=C(SCc3ccc(C)cc3)C(=Cc3sc4ccccc4[n+]3CCC)C2O)Sc2ccccc21. The number of benzene rings is 3. The molecule has 0 saturated carbocycles. The summed E-state index contributed by atoms with van der Waals surface area (Å²) in [6, 6.07) is 26.0. The van der Waals surface area contributed by atoms with Crippen molar-refractivity contribution in [2.24, 2.45) is 0 Å². The minimum absolute atomic E-state index is 0.596. The Morgan fingerprint density at radius 1 is 0.950 bits per heavy atom. The number of aliphatic hydroxyl groups is 1. The number of hydrogen-bond acceptors (Lipinski definition) is 5. The van der Waals surface area contributed by atoms with Crippen molar-refractivity contribution in [1.29, 1.82) is 0 Å². The third kappa shape index (κ3) is 5.30. The van der Waals surface area contributed by atoms with Gasteiger partial charge in [0.1, 0.15) is 17.3 Å². The van der Waals surface area contributed by atoms with Crippen molar-refractivity contribution in [1.82, 2.24) is 0 Å². The fourth-order valence-electron chi connectivity index (χ4n) is 5.30. The molecule has 204 valence electrons. The standard InChI is InChI=1S/C34H35N2OS3/c1-4-18-35-27-10-6-8-12-29(27)39-31(35)20-25-33(37)26(34(25)38-22-24-16-14-23(3)15-17-24)21-32-36(19-5-2)28-11-7-9-13-30(28)40-32/h6-17,20-21,33,37H,4-5,18-19,22H2,1-3H3/q+1. The number of rotatable bonds is 9. The first-order valence-corrected chi connectivity index (χ1v) is 16.7. The Balaban J connectivity index is 1.41. The number of aryl methyl sites for hydroxylation is 2. The molecule has 3 aromatic carbocycles. The van der Waals surface area contributed by atoms with E-state index < -0.39 is 6.10 Å². The second-order valence-corrected chi connectivity index (χ2v) is 13.4. The summed E-state index contributed by atoms with van der Waals surface area (Å²) in [5.74, 6) is 0.875. The number of aliphatic hydroxyl groups excluding tert-OH is 1.